The number of hydrogen-bond acceptors (Lipinski definition) is 2. The van der Waals surface area contributed by atoms with Crippen molar-refractivity contribution >= 4 is 23.2 Å². The van der Waals surface area contributed by atoms with E-state index in [0.29, 0.717) is 13.2 Å². The van der Waals surface area contributed by atoms with Crippen LogP contribution < -0.4 is 5.32 Å². The molecule has 1 aromatic carbocycles. The van der Waals surface area contributed by atoms with Crippen molar-refractivity contribution < 1.29 is 9.53 Å². The third-order valence-corrected chi connectivity index (χ3v) is 4.27. The number of ether oxygens (including phenoxy) is 1. The first-order valence-corrected chi connectivity index (χ1v) is 7.74. The molecule has 4 heteroatoms. The predicted molar refractivity (Wildman–Crippen MR) is 82.4 cm³/mol. The summed E-state index contributed by atoms with van der Waals surface area (Å²) in [4.78, 5) is 12.4. The predicted octanol–water partition coefficient (Wildman–Crippen LogP) is 3.83. The molecule has 0 aliphatic carbocycles. The van der Waals surface area contributed by atoms with Crippen LogP contribution in [0.25, 0.3) is 0 Å². The van der Waals surface area contributed by atoms with Crippen LogP contribution in [0.15, 0.2) is 12.1 Å². The minimum absolute atomic E-state index is 0.0529. The number of hydrogen-bond donors (Lipinski definition) is 1. The number of nitrogens with one attached hydrogen (secondary N) is 1. The van der Waals surface area contributed by atoms with E-state index in [1.165, 1.54) is 0 Å². The maximum Gasteiger partial charge on any atom is 0.227 e. The maximum atomic E-state index is 12.4. The van der Waals surface area contributed by atoms with Crippen molar-refractivity contribution in [3.05, 3.63) is 28.3 Å². The molecule has 1 fully saturated rings. The van der Waals surface area contributed by atoms with Crippen molar-refractivity contribution in [2.75, 3.05) is 18.5 Å². The van der Waals surface area contributed by atoms with Gasteiger partial charge in [0.1, 0.15) is 0 Å². The Morgan fingerprint density at radius 1 is 1.30 bits per heavy atom. The van der Waals surface area contributed by atoms with Crippen molar-refractivity contribution in [3.8, 4) is 0 Å². The molecule has 0 bridgehead atoms. The summed E-state index contributed by atoms with van der Waals surface area (Å²) in [7, 11) is 0. The Labute approximate surface area is 125 Å². The molecule has 0 radical (unpaired) electrons. The van der Waals surface area contributed by atoms with Gasteiger partial charge in [0.2, 0.25) is 5.91 Å². The Kier molecular flexibility index (Phi) is 5.44. The third kappa shape index (κ3) is 3.33. The molecule has 0 saturated carbocycles. The number of anilines is 1. The average Bonchev–Trinajstić information content (AvgIpc) is 2.48. The molecule has 110 valence electrons. The lowest BCUT2D eigenvalue weighted by Gasteiger charge is -2.23. The van der Waals surface area contributed by atoms with Crippen molar-refractivity contribution in [2.45, 2.75) is 39.5 Å². The highest BCUT2D eigenvalue weighted by atomic mass is 35.5. The van der Waals surface area contributed by atoms with Gasteiger partial charge in [0.25, 0.3) is 0 Å². The van der Waals surface area contributed by atoms with E-state index in [0.717, 1.165) is 47.5 Å². The van der Waals surface area contributed by atoms with Crippen LogP contribution in [-0.4, -0.2) is 19.1 Å². The zero-order chi connectivity index (χ0) is 14.5. The Morgan fingerprint density at radius 2 is 2.00 bits per heavy atom. The van der Waals surface area contributed by atoms with Gasteiger partial charge in [-0.3, -0.25) is 4.79 Å². The van der Waals surface area contributed by atoms with Crippen molar-refractivity contribution in [1.82, 2.24) is 0 Å². The van der Waals surface area contributed by atoms with Crippen LogP contribution in [0, 0.1) is 5.92 Å². The van der Waals surface area contributed by atoms with Gasteiger partial charge in [0, 0.05) is 29.8 Å². The summed E-state index contributed by atoms with van der Waals surface area (Å²) in [6.45, 7) is 5.50. The van der Waals surface area contributed by atoms with Crippen molar-refractivity contribution in [3.63, 3.8) is 0 Å². The van der Waals surface area contributed by atoms with Crippen LogP contribution in [-0.2, 0) is 22.4 Å². The van der Waals surface area contributed by atoms with Gasteiger partial charge < -0.3 is 10.1 Å². The lowest BCUT2D eigenvalue weighted by Crippen LogP contribution is -2.29. The standard InChI is InChI=1S/C16H22ClNO2/c1-3-11-5-6-14(17)13(4-2)15(11)18-16(19)12-7-9-20-10-8-12/h5-6,12H,3-4,7-10H2,1-2H3,(H,18,19). The number of aryl methyl sites for hydroxylation is 1. The van der Waals surface area contributed by atoms with Gasteiger partial charge in [-0.15, -0.1) is 0 Å². The van der Waals surface area contributed by atoms with Crippen molar-refractivity contribution in [2.24, 2.45) is 5.92 Å². The fourth-order valence-electron chi connectivity index (χ4n) is 2.65. The second kappa shape index (κ2) is 7.09. The topological polar surface area (TPSA) is 38.3 Å². The van der Waals surface area contributed by atoms with Crippen LogP contribution in [0.2, 0.25) is 5.02 Å². The number of carbonyl (C=O) groups is 1. The van der Waals surface area contributed by atoms with Crippen LogP contribution in [0.5, 0.6) is 0 Å². The zero-order valence-electron chi connectivity index (χ0n) is 12.2. The first-order chi connectivity index (χ1) is 9.67. The van der Waals surface area contributed by atoms with Gasteiger partial charge in [-0.1, -0.05) is 31.5 Å². The van der Waals surface area contributed by atoms with Crippen LogP contribution in [0.4, 0.5) is 5.69 Å². The largest absolute Gasteiger partial charge is 0.381 e. The van der Waals surface area contributed by atoms with Crippen LogP contribution >= 0.6 is 11.6 Å². The maximum absolute atomic E-state index is 12.4. The van der Waals surface area contributed by atoms with Gasteiger partial charge >= 0.3 is 0 Å². The molecule has 1 aliphatic heterocycles. The summed E-state index contributed by atoms with van der Waals surface area (Å²) < 4.78 is 5.31. The van der Waals surface area contributed by atoms with E-state index in [2.05, 4.69) is 19.2 Å². The van der Waals surface area contributed by atoms with Gasteiger partial charge in [-0.05, 0) is 42.9 Å². The second-order valence-corrected chi connectivity index (χ2v) is 5.55. The molecule has 1 aromatic rings. The Balaban J connectivity index is 2.22. The van der Waals surface area contributed by atoms with E-state index in [4.69, 9.17) is 16.3 Å². The van der Waals surface area contributed by atoms with E-state index in [1.807, 2.05) is 12.1 Å². The highest BCUT2D eigenvalue weighted by molar-refractivity contribution is 6.32. The molecule has 1 amide bonds. The van der Waals surface area contributed by atoms with E-state index in [9.17, 15) is 4.79 Å². The molecule has 0 spiro atoms. The lowest BCUT2D eigenvalue weighted by atomic mass is 9.97. The minimum Gasteiger partial charge on any atom is -0.381 e. The minimum atomic E-state index is 0.0529. The summed E-state index contributed by atoms with van der Waals surface area (Å²) in [5.74, 6) is 0.150. The monoisotopic (exact) mass is 295 g/mol. The Hall–Kier alpha value is -1.06. The number of amides is 1. The number of halogens is 1. The molecule has 20 heavy (non-hydrogen) atoms. The van der Waals surface area contributed by atoms with E-state index < -0.39 is 0 Å². The Morgan fingerprint density at radius 3 is 2.60 bits per heavy atom. The normalized spacial score (nSPS) is 16.1. The average molecular weight is 296 g/mol. The fourth-order valence-corrected chi connectivity index (χ4v) is 2.94. The zero-order valence-corrected chi connectivity index (χ0v) is 12.9. The van der Waals surface area contributed by atoms with E-state index in [-0.39, 0.29) is 11.8 Å². The molecule has 0 atom stereocenters. The van der Waals surface area contributed by atoms with E-state index >= 15 is 0 Å². The van der Waals surface area contributed by atoms with Crippen LogP contribution in [0.1, 0.15) is 37.8 Å². The first kappa shape index (κ1) is 15.3. The molecule has 0 aromatic heterocycles. The fraction of sp³-hybridized carbons (Fsp3) is 0.562. The smallest absolute Gasteiger partial charge is 0.227 e. The quantitative estimate of drug-likeness (QED) is 0.917. The first-order valence-electron chi connectivity index (χ1n) is 7.36. The van der Waals surface area contributed by atoms with Crippen LogP contribution in [0.3, 0.4) is 0 Å². The number of carbonyl (C=O) groups excluding carboxylic acids is 1. The second-order valence-electron chi connectivity index (χ2n) is 5.14. The summed E-state index contributed by atoms with van der Waals surface area (Å²) >= 11 is 6.26. The molecule has 1 aliphatic rings. The molecule has 1 heterocycles. The molecular weight excluding hydrogens is 274 g/mol. The van der Waals surface area contributed by atoms with Gasteiger partial charge in [0.15, 0.2) is 0 Å². The number of benzene rings is 1. The molecule has 3 nitrogen and oxygen atoms in total. The van der Waals surface area contributed by atoms with E-state index in [1.54, 1.807) is 0 Å². The molecule has 0 unspecified atom stereocenters. The SMILES string of the molecule is CCc1ccc(Cl)c(CC)c1NC(=O)C1CCOCC1. The van der Waals surface area contributed by atoms with Gasteiger partial charge in [0.05, 0.1) is 0 Å². The Bertz CT molecular complexity index is 482. The summed E-state index contributed by atoms with van der Waals surface area (Å²) in [5, 5.41) is 3.84. The molecule has 2 rings (SSSR count). The molecule has 1 saturated heterocycles. The van der Waals surface area contributed by atoms with Crippen molar-refractivity contribution in [1.29, 1.82) is 0 Å². The summed E-state index contributed by atoms with van der Waals surface area (Å²) in [6, 6.07) is 3.92. The molecular formula is C16H22ClNO2. The van der Waals surface area contributed by atoms with Gasteiger partial charge in [-0.25, -0.2) is 0 Å². The summed E-state index contributed by atoms with van der Waals surface area (Å²) in [6.07, 6.45) is 3.30. The number of rotatable bonds is 4. The third-order valence-electron chi connectivity index (χ3n) is 3.92. The summed E-state index contributed by atoms with van der Waals surface area (Å²) in [5.41, 5.74) is 3.09. The lowest BCUT2D eigenvalue weighted by molar-refractivity contribution is -0.122. The highest BCUT2D eigenvalue weighted by Crippen LogP contribution is 2.30. The highest BCUT2D eigenvalue weighted by Gasteiger charge is 2.23. The molecule has 1 N–H and O–H groups in total. The van der Waals surface area contributed by atoms with Gasteiger partial charge in [-0.2, -0.15) is 0 Å².